The summed E-state index contributed by atoms with van der Waals surface area (Å²) in [6.45, 7) is 10.6. The lowest BCUT2D eigenvalue weighted by molar-refractivity contribution is -0.116. The van der Waals surface area contributed by atoms with Crippen LogP contribution in [0.5, 0.6) is 0 Å². The highest BCUT2D eigenvalue weighted by molar-refractivity contribution is 6.62. The number of carbonyl (C=O) groups excluding carboxylic acids is 1. The highest BCUT2D eigenvalue weighted by Crippen LogP contribution is 2.37. The van der Waals surface area contributed by atoms with Crippen LogP contribution < -0.4 is 10.4 Å². The first kappa shape index (κ1) is 15.6. The molecule has 2 heterocycles. The topological polar surface area (TPSA) is 38.8 Å². The minimum Gasteiger partial charge on any atom is -0.399 e. The van der Waals surface area contributed by atoms with Gasteiger partial charge in [-0.25, -0.2) is 0 Å². The van der Waals surface area contributed by atoms with E-state index in [1.54, 1.807) is 6.92 Å². The smallest absolute Gasteiger partial charge is 0.399 e. The number of hydrogen-bond donors (Lipinski definition) is 0. The fraction of sp³-hybridized carbons (Fsp3) is 0.588. The normalized spacial score (nSPS) is 22.6. The summed E-state index contributed by atoms with van der Waals surface area (Å²) in [7, 11) is -0.383. The van der Waals surface area contributed by atoms with Gasteiger partial charge in [-0.1, -0.05) is 12.1 Å². The van der Waals surface area contributed by atoms with Crippen molar-refractivity contribution >= 4 is 24.2 Å². The maximum atomic E-state index is 11.9. The van der Waals surface area contributed by atoms with E-state index >= 15 is 0 Å². The molecular weight excluding hydrogens is 277 g/mol. The SMILES string of the molecule is CC(=O)N1CCCc2ccc(B3OC(C)(C)C(C)(C)O3)cc21. The second kappa shape index (κ2) is 5.10. The van der Waals surface area contributed by atoms with Gasteiger partial charge in [-0.2, -0.15) is 0 Å². The van der Waals surface area contributed by atoms with Gasteiger partial charge in [0.05, 0.1) is 11.2 Å². The van der Waals surface area contributed by atoms with E-state index in [0.717, 1.165) is 30.5 Å². The van der Waals surface area contributed by atoms with Gasteiger partial charge in [0.25, 0.3) is 0 Å². The maximum Gasteiger partial charge on any atom is 0.494 e. The fourth-order valence-electron chi connectivity index (χ4n) is 3.04. The van der Waals surface area contributed by atoms with Crippen LogP contribution in [0.25, 0.3) is 0 Å². The predicted octanol–water partition coefficient (Wildman–Crippen LogP) is 2.28. The van der Waals surface area contributed by atoms with E-state index in [-0.39, 0.29) is 24.2 Å². The van der Waals surface area contributed by atoms with E-state index in [1.165, 1.54) is 5.56 Å². The molecule has 1 fully saturated rings. The van der Waals surface area contributed by atoms with Gasteiger partial charge in [-0.15, -0.1) is 0 Å². The van der Waals surface area contributed by atoms with Crippen LogP contribution in [0.3, 0.4) is 0 Å². The third-order valence-electron chi connectivity index (χ3n) is 5.13. The Labute approximate surface area is 132 Å². The van der Waals surface area contributed by atoms with Crippen molar-refractivity contribution in [2.24, 2.45) is 0 Å². The molecule has 0 unspecified atom stereocenters. The molecule has 2 aliphatic rings. The summed E-state index contributed by atoms with van der Waals surface area (Å²) in [5.74, 6) is 0.0898. The summed E-state index contributed by atoms with van der Waals surface area (Å²) in [5.41, 5.74) is 2.50. The molecule has 1 saturated heterocycles. The molecule has 0 spiro atoms. The summed E-state index contributed by atoms with van der Waals surface area (Å²) in [5, 5.41) is 0. The first-order valence-corrected chi connectivity index (χ1v) is 7.98. The third kappa shape index (κ3) is 2.46. The molecular formula is C17H24BNO3. The predicted molar refractivity (Wildman–Crippen MR) is 88.5 cm³/mol. The number of rotatable bonds is 1. The Hall–Kier alpha value is -1.33. The van der Waals surface area contributed by atoms with Crippen LogP contribution >= 0.6 is 0 Å². The molecule has 2 aliphatic heterocycles. The van der Waals surface area contributed by atoms with Crippen molar-refractivity contribution in [1.82, 2.24) is 0 Å². The molecule has 0 saturated carbocycles. The van der Waals surface area contributed by atoms with Crippen molar-refractivity contribution in [2.45, 2.75) is 58.7 Å². The van der Waals surface area contributed by atoms with Gasteiger partial charge in [0.15, 0.2) is 0 Å². The number of fused-ring (bicyclic) bond motifs is 1. The Kier molecular flexibility index (Phi) is 3.61. The number of carbonyl (C=O) groups is 1. The van der Waals surface area contributed by atoms with Crippen molar-refractivity contribution in [3.8, 4) is 0 Å². The number of amides is 1. The van der Waals surface area contributed by atoms with Crippen LogP contribution in [-0.2, 0) is 20.5 Å². The molecule has 1 aromatic rings. The van der Waals surface area contributed by atoms with Gasteiger partial charge < -0.3 is 14.2 Å². The second-order valence-electron chi connectivity index (χ2n) is 7.25. The van der Waals surface area contributed by atoms with Crippen LogP contribution in [0.2, 0.25) is 0 Å². The van der Waals surface area contributed by atoms with Crippen LogP contribution in [0.15, 0.2) is 18.2 Å². The highest BCUT2D eigenvalue weighted by Gasteiger charge is 2.51. The molecule has 0 atom stereocenters. The summed E-state index contributed by atoms with van der Waals surface area (Å²) in [6.07, 6.45) is 2.03. The van der Waals surface area contributed by atoms with E-state index in [4.69, 9.17) is 9.31 Å². The molecule has 118 valence electrons. The molecule has 0 N–H and O–H groups in total. The summed E-state index contributed by atoms with van der Waals surface area (Å²) in [6, 6.07) is 6.22. The highest BCUT2D eigenvalue weighted by atomic mass is 16.7. The van der Waals surface area contributed by atoms with Crippen LogP contribution in [-0.4, -0.2) is 30.8 Å². The quantitative estimate of drug-likeness (QED) is 0.747. The van der Waals surface area contributed by atoms with Crippen LogP contribution in [0.1, 0.15) is 46.6 Å². The zero-order valence-electron chi connectivity index (χ0n) is 14.1. The van der Waals surface area contributed by atoms with Gasteiger partial charge in [-0.05, 0) is 57.6 Å². The first-order valence-electron chi connectivity index (χ1n) is 7.98. The van der Waals surface area contributed by atoms with E-state index in [9.17, 15) is 4.79 Å². The van der Waals surface area contributed by atoms with E-state index < -0.39 is 0 Å². The molecule has 0 bridgehead atoms. The van der Waals surface area contributed by atoms with Crippen LogP contribution in [0, 0.1) is 0 Å². The number of hydrogen-bond acceptors (Lipinski definition) is 3. The standard InChI is InChI=1S/C17H24BNO3/c1-12(20)19-10-6-7-13-8-9-14(11-15(13)19)18-21-16(2,3)17(4,5)22-18/h8-9,11H,6-7,10H2,1-5H3. The molecule has 4 nitrogen and oxygen atoms in total. The van der Waals surface area contributed by atoms with Crippen molar-refractivity contribution in [3.05, 3.63) is 23.8 Å². The number of anilines is 1. The molecule has 1 amide bonds. The zero-order chi connectivity index (χ0) is 16.1. The van der Waals surface area contributed by atoms with Gasteiger partial charge >= 0.3 is 7.12 Å². The summed E-state index contributed by atoms with van der Waals surface area (Å²) in [4.78, 5) is 13.7. The fourth-order valence-corrected chi connectivity index (χ4v) is 3.04. The lowest BCUT2D eigenvalue weighted by Crippen LogP contribution is -2.41. The molecule has 0 radical (unpaired) electrons. The van der Waals surface area contributed by atoms with Gasteiger partial charge in [0.1, 0.15) is 0 Å². The van der Waals surface area contributed by atoms with Crippen molar-refractivity contribution in [1.29, 1.82) is 0 Å². The lowest BCUT2D eigenvalue weighted by atomic mass is 9.77. The van der Waals surface area contributed by atoms with E-state index in [2.05, 4.69) is 18.2 Å². The summed E-state index contributed by atoms with van der Waals surface area (Å²) < 4.78 is 12.2. The zero-order valence-corrected chi connectivity index (χ0v) is 14.1. The molecule has 1 aromatic carbocycles. The minimum absolute atomic E-state index is 0.0898. The average molecular weight is 301 g/mol. The lowest BCUT2D eigenvalue weighted by Gasteiger charge is -2.32. The number of benzene rings is 1. The second-order valence-corrected chi connectivity index (χ2v) is 7.25. The Bertz CT molecular complexity index is 596. The van der Waals surface area contributed by atoms with Crippen molar-refractivity contribution in [2.75, 3.05) is 11.4 Å². The molecule has 0 aromatic heterocycles. The Morgan fingerprint density at radius 2 is 1.82 bits per heavy atom. The molecule has 5 heteroatoms. The van der Waals surface area contributed by atoms with Crippen LogP contribution in [0.4, 0.5) is 5.69 Å². The first-order chi connectivity index (χ1) is 10.2. The minimum atomic E-state index is -0.383. The Balaban J connectivity index is 1.94. The van der Waals surface area contributed by atoms with Gasteiger partial charge in [0, 0.05) is 19.2 Å². The van der Waals surface area contributed by atoms with Crippen molar-refractivity contribution < 1.29 is 14.1 Å². The number of nitrogens with zero attached hydrogens (tertiary/aromatic N) is 1. The largest absolute Gasteiger partial charge is 0.494 e. The molecule has 3 rings (SSSR count). The number of aryl methyl sites for hydroxylation is 1. The average Bonchev–Trinajstić information content (AvgIpc) is 2.66. The third-order valence-corrected chi connectivity index (χ3v) is 5.13. The summed E-state index contributed by atoms with van der Waals surface area (Å²) >= 11 is 0. The van der Waals surface area contributed by atoms with Gasteiger partial charge in [-0.3, -0.25) is 4.79 Å². The van der Waals surface area contributed by atoms with E-state index in [0.29, 0.717) is 0 Å². The Morgan fingerprint density at radius 3 is 2.41 bits per heavy atom. The monoisotopic (exact) mass is 301 g/mol. The maximum absolute atomic E-state index is 11.9. The Morgan fingerprint density at radius 1 is 1.18 bits per heavy atom. The van der Waals surface area contributed by atoms with Gasteiger partial charge in [0.2, 0.25) is 5.91 Å². The molecule has 22 heavy (non-hydrogen) atoms. The molecule has 0 aliphatic carbocycles. The van der Waals surface area contributed by atoms with Crippen molar-refractivity contribution in [3.63, 3.8) is 0 Å². The van der Waals surface area contributed by atoms with E-state index in [1.807, 2.05) is 32.6 Å².